The minimum Gasteiger partial charge on any atom is -0.624 e. The third-order valence-corrected chi connectivity index (χ3v) is 4.93. The van der Waals surface area contributed by atoms with Crippen molar-refractivity contribution in [3.8, 4) is 11.3 Å². The Morgan fingerprint density at radius 3 is 3.10 bits per heavy atom. The molecular weight excluding hydrogens is 272 g/mol. The monoisotopic (exact) mass is 290 g/mol. The van der Waals surface area contributed by atoms with E-state index in [9.17, 15) is 5.21 Å². The van der Waals surface area contributed by atoms with Crippen LogP contribution in [0.3, 0.4) is 0 Å². The Morgan fingerprint density at radius 2 is 2.35 bits per heavy atom. The predicted molar refractivity (Wildman–Crippen MR) is 83.0 cm³/mol. The smallest absolute Gasteiger partial charge is 0.307 e. The van der Waals surface area contributed by atoms with E-state index in [1.165, 1.54) is 0 Å². The van der Waals surface area contributed by atoms with Gasteiger partial charge in [0.15, 0.2) is 0 Å². The standard InChI is InChI=1S/C14H18N4OS/c1-20-13-6-2-3-8-18(13,19)14-16-10-12(17-14)11-5-4-7-15-9-11/h4-5,7,9-10,13H,2-3,6,8H2,1H3,(H,16,17). The maximum absolute atomic E-state index is 13.1. The van der Waals surface area contributed by atoms with Crippen molar-refractivity contribution in [3.05, 3.63) is 35.9 Å². The van der Waals surface area contributed by atoms with Gasteiger partial charge in [-0.1, -0.05) is 0 Å². The molecule has 1 aliphatic heterocycles. The Kier molecular flexibility index (Phi) is 3.78. The number of hydroxylamine groups is 2. The minimum absolute atomic E-state index is 0.0386. The highest BCUT2D eigenvalue weighted by Crippen LogP contribution is 2.35. The van der Waals surface area contributed by atoms with Crippen molar-refractivity contribution in [2.75, 3.05) is 12.8 Å². The molecule has 2 atom stereocenters. The number of quaternary nitrogens is 1. The second kappa shape index (κ2) is 5.55. The van der Waals surface area contributed by atoms with Crippen LogP contribution in [0.5, 0.6) is 0 Å². The third kappa shape index (κ3) is 2.34. The molecule has 106 valence electrons. The normalized spacial score (nSPS) is 26.6. The van der Waals surface area contributed by atoms with E-state index < -0.39 is 0 Å². The lowest BCUT2D eigenvalue weighted by molar-refractivity contribution is 0.271. The third-order valence-electron chi connectivity index (χ3n) is 3.81. The van der Waals surface area contributed by atoms with Crippen molar-refractivity contribution < 1.29 is 0 Å². The molecule has 3 rings (SSSR count). The number of aromatic nitrogens is 3. The second-order valence-electron chi connectivity index (χ2n) is 5.06. The molecule has 0 amide bonds. The molecule has 0 spiro atoms. The van der Waals surface area contributed by atoms with Gasteiger partial charge in [0.2, 0.25) is 0 Å². The van der Waals surface area contributed by atoms with E-state index in [2.05, 4.69) is 15.0 Å². The van der Waals surface area contributed by atoms with Crippen molar-refractivity contribution in [1.29, 1.82) is 0 Å². The number of thioether (sulfide) groups is 1. The van der Waals surface area contributed by atoms with E-state index in [0.717, 1.165) is 30.5 Å². The zero-order chi connectivity index (χ0) is 14.0. The van der Waals surface area contributed by atoms with E-state index >= 15 is 0 Å². The van der Waals surface area contributed by atoms with Crippen molar-refractivity contribution >= 4 is 17.7 Å². The summed E-state index contributed by atoms with van der Waals surface area (Å²) in [5.74, 6) is 0.517. The lowest BCUT2D eigenvalue weighted by Crippen LogP contribution is -2.53. The van der Waals surface area contributed by atoms with Gasteiger partial charge in [-0.3, -0.25) is 14.6 Å². The number of H-pyrrole nitrogens is 1. The van der Waals surface area contributed by atoms with Gasteiger partial charge in [0, 0.05) is 30.6 Å². The molecule has 3 heterocycles. The highest BCUT2D eigenvalue weighted by Gasteiger charge is 2.36. The summed E-state index contributed by atoms with van der Waals surface area (Å²) in [7, 11) is 0. The highest BCUT2D eigenvalue weighted by atomic mass is 32.2. The lowest BCUT2D eigenvalue weighted by Gasteiger charge is -2.47. The fourth-order valence-electron chi connectivity index (χ4n) is 2.72. The van der Waals surface area contributed by atoms with Crippen LogP contribution in [0.15, 0.2) is 30.7 Å². The summed E-state index contributed by atoms with van der Waals surface area (Å²) in [6.07, 6.45) is 10.3. The summed E-state index contributed by atoms with van der Waals surface area (Å²) in [6.45, 7) is 0.603. The average molecular weight is 290 g/mol. The average Bonchev–Trinajstić information content (AvgIpc) is 2.99. The van der Waals surface area contributed by atoms with Crippen LogP contribution in [0.1, 0.15) is 19.3 Å². The van der Waals surface area contributed by atoms with Crippen LogP contribution >= 0.6 is 11.8 Å². The number of rotatable bonds is 3. The topological polar surface area (TPSA) is 64.6 Å². The first-order valence-electron chi connectivity index (χ1n) is 6.82. The molecule has 0 aliphatic carbocycles. The fraction of sp³-hybridized carbons (Fsp3) is 0.429. The Labute approximate surface area is 122 Å². The van der Waals surface area contributed by atoms with Gasteiger partial charge in [-0.2, -0.15) is 4.98 Å². The number of hydrogen-bond donors (Lipinski definition) is 1. The maximum atomic E-state index is 13.1. The zero-order valence-electron chi connectivity index (χ0n) is 11.5. The van der Waals surface area contributed by atoms with E-state index in [1.54, 1.807) is 30.4 Å². The molecule has 1 fully saturated rings. The number of imidazole rings is 1. The van der Waals surface area contributed by atoms with Crippen LogP contribution in [-0.4, -0.2) is 33.1 Å². The molecule has 5 nitrogen and oxygen atoms in total. The number of piperidine rings is 1. The molecular formula is C14H18N4OS. The summed E-state index contributed by atoms with van der Waals surface area (Å²) in [6, 6.07) is 3.82. The van der Waals surface area contributed by atoms with E-state index in [0.29, 0.717) is 12.5 Å². The second-order valence-corrected chi connectivity index (χ2v) is 6.07. The summed E-state index contributed by atoms with van der Waals surface area (Å²) < 4.78 is -0.346. The van der Waals surface area contributed by atoms with E-state index in [1.807, 2.05) is 18.4 Å². The molecule has 1 aliphatic rings. The van der Waals surface area contributed by atoms with Gasteiger partial charge in [0.05, 0.1) is 12.2 Å². The number of nitrogens with one attached hydrogen (secondary N) is 1. The van der Waals surface area contributed by atoms with Crippen LogP contribution < -0.4 is 4.65 Å². The number of hydrogen-bond acceptors (Lipinski definition) is 4. The van der Waals surface area contributed by atoms with Crippen LogP contribution in [0.25, 0.3) is 11.3 Å². The molecule has 0 radical (unpaired) electrons. The van der Waals surface area contributed by atoms with Crippen LogP contribution in [-0.2, 0) is 0 Å². The largest absolute Gasteiger partial charge is 0.624 e. The molecule has 2 unspecified atom stereocenters. The van der Waals surface area contributed by atoms with Gasteiger partial charge in [0.25, 0.3) is 0 Å². The number of aromatic amines is 1. The van der Waals surface area contributed by atoms with Crippen molar-refractivity contribution in [2.24, 2.45) is 0 Å². The molecule has 2 aromatic rings. The lowest BCUT2D eigenvalue weighted by atomic mass is 10.1. The first-order valence-corrected chi connectivity index (χ1v) is 8.11. The first-order chi connectivity index (χ1) is 9.74. The Hall–Kier alpha value is -1.37. The van der Waals surface area contributed by atoms with Gasteiger partial charge in [-0.25, -0.2) is 0 Å². The Bertz CT molecular complexity index is 574. The summed E-state index contributed by atoms with van der Waals surface area (Å²) >= 11 is 1.64. The quantitative estimate of drug-likeness (QED) is 0.696. The maximum Gasteiger partial charge on any atom is 0.307 e. The van der Waals surface area contributed by atoms with Gasteiger partial charge >= 0.3 is 5.95 Å². The minimum atomic E-state index is -0.346. The molecule has 0 bridgehead atoms. The molecule has 1 saturated heterocycles. The molecule has 1 N–H and O–H groups in total. The summed E-state index contributed by atoms with van der Waals surface area (Å²) in [4.78, 5) is 11.7. The predicted octanol–water partition coefficient (Wildman–Crippen LogP) is 3.15. The van der Waals surface area contributed by atoms with Gasteiger partial charge in [-0.05, 0) is 31.2 Å². The van der Waals surface area contributed by atoms with Gasteiger partial charge in [0.1, 0.15) is 5.37 Å². The SMILES string of the molecule is CSC1CCCC[N+]1([O-])c1nc(-c2cccnc2)c[nH]1. The Balaban J connectivity index is 1.93. The van der Waals surface area contributed by atoms with Crippen molar-refractivity contribution in [1.82, 2.24) is 19.6 Å². The van der Waals surface area contributed by atoms with E-state index in [-0.39, 0.29) is 10.0 Å². The molecule has 20 heavy (non-hydrogen) atoms. The molecule has 0 saturated carbocycles. The summed E-state index contributed by atoms with van der Waals surface area (Å²) in [5.41, 5.74) is 1.71. The van der Waals surface area contributed by atoms with Gasteiger partial charge in [-0.15, -0.1) is 11.8 Å². The summed E-state index contributed by atoms with van der Waals surface area (Å²) in [5, 5.41) is 13.2. The number of nitrogens with zero attached hydrogens (tertiary/aromatic N) is 3. The van der Waals surface area contributed by atoms with Crippen LogP contribution in [0.4, 0.5) is 5.95 Å². The molecule has 2 aromatic heterocycles. The highest BCUT2D eigenvalue weighted by molar-refractivity contribution is 7.99. The molecule has 6 heteroatoms. The van der Waals surface area contributed by atoms with Gasteiger partial charge < -0.3 is 5.21 Å². The van der Waals surface area contributed by atoms with Crippen molar-refractivity contribution in [3.63, 3.8) is 0 Å². The van der Waals surface area contributed by atoms with E-state index in [4.69, 9.17) is 0 Å². The van der Waals surface area contributed by atoms with Crippen molar-refractivity contribution in [2.45, 2.75) is 24.6 Å². The number of pyridine rings is 1. The first kappa shape index (κ1) is 13.6. The van der Waals surface area contributed by atoms with Crippen LogP contribution in [0, 0.1) is 5.21 Å². The van der Waals surface area contributed by atoms with Crippen LogP contribution in [0.2, 0.25) is 0 Å². The molecule has 0 aromatic carbocycles. The zero-order valence-corrected chi connectivity index (χ0v) is 12.3. The Morgan fingerprint density at radius 1 is 1.45 bits per heavy atom. The fourth-order valence-corrected chi connectivity index (χ4v) is 3.66.